The molecule has 0 aliphatic heterocycles. The van der Waals surface area contributed by atoms with E-state index in [2.05, 4.69) is 20.4 Å². The fourth-order valence-corrected chi connectivity index (χ4v) is 2.38. The molecule has 0 atom stereocenters. The fraction of sp³-hybridized carbons (Fsp3) is 0. The molecule has 19 heavy (non-hydrogen) atoms. The molecule has 2 heterocycles. The van der Waals surface area contributed by atoms with Crippen molar-refractivity contribution in [2.45, 2.75) is 0 Å². The molecular weight excluding hydrogens is 285 g/mol. The largest absolute Gasteiger partial charge is 0.399 e. The van der Waals surface area contributed by atoms with Crippen molar-refractivity contribution in [2.75, 3.05) is 5.73 Å². The summed E-state index contributed by atoms with van der Waals surface area (Å²) >= 11 is 12.3. The number of aromatic amines is 2. The van der Waals surface area contributed by atoms with E-state index in [4.69, 9.17) is 28.9 Å². The Morgan fingerprint density at radius 1 is 1.11 bits per heavy atom. The number of nitrogen functional groups attached to an aromatic ring is 1. The minimum absolute atomic E-state index is 0.492. The highest BCUT2D eigenvalue weighted by atomic mass is 35.5. The van der Waals surface area contributed by atoms with E-state index in [0.29, 0.717) is 27.1 Å². The molecule has 0 saturated heterocycles. The first-order valence-electron chi connectivity index (χ1n) is 5.45. The van der Waals surface area contributed by atoms with Crippen LogP contribution in [0.15, 0.2) is 30.5 Å². The lowest BCUT2D eigenvalue weighted by atomic mass is 10.1. The van der Waals surface area contributed by atoms with Gasteiger partial charge in [0.25, 0.3) is 0 Å². The second-order valence-electron chi connectivity index (χ2n) is 4.00. The van der Waals surface area contributed by atoms with Crippen LogP contribution >= 0.6 is 23.2 Å². The minimum Gasteiger partial charge on any atom is -0.399 e. The zero-order chi connectivity index (χ0) is 13.4. The molecule has 96 valence electrons. The van der Waals surface area contributed by atoms with Gasteiger partial charge in [-0.05, 0) is 24.3 Å². The Kier molecular flexibility index (Phi) is 2.93. The van der Waals surface area contributed by atoms with E-state index >= 15 is 0 Å². The third-order valence-electron chi connectivity index (χ3n) is 2.67. The van der Waals surface area contributed by atoms with Gasteiger partial charge in [0.1, 0.15) is 11.4 Å². The summed E-state index contributed by atoms with van der Waals surface area (Å²) in [6.07, 6.45) is 1.64. The normalized spacial score (nSPS) is 10.8. The number of halogens is 2. The first kappa shape index (κ1) is 12.1. The van der Waals surface area contributed by atoms with E-state index in [0.717, 1.165) is 11.3 Å². The summed E-state index contributed by atoms with van der Waals surface area (Å²) in [6, 6.07) is 7.00. The highest BCUT2D eigenvalue weighted by Gasteiger charge is 2.15. The van der Waals surface area contributed by atoms with Crippen LogP contribution in [-0.2, 0) is 0 Å². The molecule has 4 N–H and O–H groups in total. The molecule has 3 aromatic rings. The van der Waals surface area contributed by atoms with Crippen LogP contribution in [0.25, 0.3) is 22.6 Å². The van der Waals surface area contributed by atoms with Gasteiger partial charge in [-0.3, -0.25) is 10.2 Å². The molecule has 0 fully saturated rings. The SMILES string of the molecule is Nc1cc(Cl)cc(-c2n[nH]c(-c3ccn[nH]3)c2Cl)c1. The summed E-state index contributed by atoms with van der Waals surface area (Å²) < 4.78 is 0. The molecule has 2 aromatic heterocycles. The first-order chi connectivity index (χ1) is 9.15. The number of benzene rings is 1. The molecule has 0 radical (unpaired) electrons. The van der Waals surface area contributed by atoms with Gasteiger partial charge in [0, 0.05) is 22.5 Å². The molecule has 5 nitrogen and oxygen atoms in total. The van der Waals surface area contributed by atoms with E-state index in [1.165, 1.54) is 0 Å². The maximum Gasteiger partial charge on any atom is 0.112 e. The number of H-pyrrole nitrogens is 2. The summed E-state index contributed by atoms with van der Waals surface area (Å²) in [5.41, 5.74) is 9.12. The van der Waals surface area contributed by atoms with Crippen LogP contribution in [0.2, 0.25) is 10.0 Å². The van der Waals surface area contributed by atoms with Crippen molar-refractivity contribution in [3.05, 3.63) is 40.5 Å². The number of rotatable bonds is 2. The molecule has 0 spiro atoms. The monoisotopic (exact) mass is 293 g/mol. The van der Waals surface area contributed by atoms with Gasteiger partial charge in [0.15, 0.2) is 0 Å². The van der Waals surface area contributed by atoms with Crippen molar-refractivity contribution < 1.29 is 0 Å². The van der Waals surface area contributed by atoms with Crippen molar-refractivity contribution in [3.63, 3.8) is 0 Å². The third kappa shape index (κ3) is 2.18. The van der Waals surface area contributed by atoms with Gasteiger partial charge in [-0.1, -0.05) is 23.2 Å². The van der Waals surface area contributed by atoms with Gasteiger partial charge in [-0.2, -0.15) is 10.2 Å². The number of aromatic nitrogens is 4. The average molecular weight is 294 g/mol. The van der Waals surface area contributed by atoms with Crippen LogP contribution in [0.1, 0.15) is 0 Å². The maximum atomic E-state index is 6.33. The molecule has 0 saturated carbocycles. The number of nitrogens with one attached hydrogen (secondary N) is 2. The molecular formula is C12H9Cl2N5. The molecule has 1 aromatic carbocycles. The smallest absolute Gasteiger partial charge is 0.112 e. The Morgan fingerprint density at radius 3 is 2.63 bits per heavy atom. The zero-order valence-electron chi connectivity index (χ0n) is 9.61. The van der Waals surface area contributed by atoms with Gasteiger partial charge < -0.3 is 5.73 Å². The second kappa shape index (κ2) is 4.60. The quantitative estimate of drug-likeness (QED) is 0.634. The van der Waals surface area contributed by atoms with Gasteiger partial charge in [0.2, 0.25) is 0 Å². The van der Waals surface area contributed by atoms with Gasteiger partial charge >= 0.3 is 0 Å². The van der Waals surface area contributed by atoms with Crippen LogP contribution in [-0.4, -0.2) is 20.4 Å². The summed E-state index contributed by atoms with van der Waals surface area (Å²) in [6.45, 7) is 0. The van der Waals surface area contributed by atoms with Crippen LogP contribution in [0.5, 0.6) is 0 Å². The molecule has 0 aliphatic rings. The molecule has 0 aliphatic carbocycles. The molecule has 7 heteroatoms. The molecule has 3 rings (SSSR count). The third-order valence-corrected chi connectivity index (χ3v) is 3.26. The summed E-state index contributed by atoms with van der Waals surface area (Å²) in [7, 11) is 0. The van der Waals surface area contributed by atoms with E-state index in [1.54, 1.807) is 30.5 Å². The Bertz CT molecular complexity index is 698. The van der Waals surface area contributed by atoms with Gasteiger partial charge in [0.05, 0.1) is 10.7 Å². The topological polar surface area (TPSA) is 83.4 Å². The van der Waals surface area contributed by atoms with Crippen LogP contribution in [0.3, 0.4) is 0 Å². The lowest BCUT2D eigenvalue weighted by molar-refractivity contribution is 1.06. The highest BCUT2D eigenvalue weighted by Crippen LogP contribution is 2.35. The second-order valence-corrected chi connectivity index (χ2v) is 4.82. The lowest BCUT2D eigenvalue weighted by Crippen LogP contribution is -1.86. The Labute approximate surface area is 118 Å². The van der Waals surface area contributed by atoms with Crippen LogP contribution in [0, 0.1) is 0 Å². The standard InChI is InChI=1S/C12H9Cl2N5/c13-7-3-6(4-8(15)5-7)11-10(14)12(19-18-11)9-1-2-16-17-9/h1-5H,15H2,(H,16,17)(H,18,19). The molecule has 0 bridgehead atoms. The van der Waals surface area contributed by atoms with E-state index in [1.807, 2.05) is 0 Å². The molecule has 0 amide bonds. The highest BCUT2D eigenvalue weighted by molar-refractivity contribution is 6.35. The van der Waals surface area contributed by atoms with Crippen molar-refractivity contribution in [2.24, 2.45) is 0 Å². The van der Waals surface area contributed by atoms with Gasteiger partial charge in [-0.25, -0.2) is 0 Å². The van der Waals surface area contributed by atoms with E-state index in [-0.39, 0.29) is 0 Å². The number of hydrogen-bond acceptors (Lipinski definition) is 3. The zero-order valence-corrected chi connectivity index (χ0v) is 11.1. The van der Waals surface area contributed by atoms with Crippen molar-refractivity contribution in [3.8, 4) is 22.6 Å². The van der Waals surface area contributed by atoms with Crippen LogP contribution < -0.4 is 5.73 Å². The number of hydrogen-bond donors (Lipinski definition) is 3. The lowest BCUT2D eigenvalue weighted by Gasteiger charge is -2.01. The predicted molar refractivity (Wildman–Crippen MR) is 76.0 cm³/mol. The Hall–Kier alpha value is -1.98. The van der Waals surface area contributed by atoms with E-state index in [9.17, 15) is 0 Å². The number of anilines is 1. The van der Waals surface area contributed by atoms with Crippen LogP contribution in [0.4, 0.5) is 5.69 Å². The van der Waals surface area contributed by atoms with Crippen molar-refractivity contribution in [1.29, 1.82) is 0 Å². The molecule has 0 unspecified atom stereocenters. The average Bonchev–Trinajstić information content (AvgIpc) is 2.96. The number of nitrogens with zero attached hydrogens (tertiary/aromatic N) is 2. The Morgan fingerprint density at radius 2 is 1.95 bits per heavy atom. The van der Waals surface area contributed by atoms with Gasteiger partial charge in [-0.15, -0.1) is 0 Å². The summed E-state index contributed by atoms with van der Waals surface area (Å²) in [5.74, 6) is 0. The van der Waals surface area contributed by atoms with E-state index < -0.39 is 0 Å². The number of nitrogens with two attached hydrogens (primary N) is 1. The summed E-state index contributed by atoms with van der Waals surface area (Å²) in [4.78, 5) is 0. The fourth-order valence-electron chi connectivity index (χ4n) is 1.84. The summed E-state index contributed by atoms with van der Waals surface area (Å²) in [5, 5.41) is 14.8. The van der Waals surface area contributed by atoms with Crippen molar-refractivity contribution >= 4 is 28.9 Å². The predicted octanol–water partition coefficient (Wildman–Crippen LogP) is 3.36. The van der Waals surface area contributed by atoms with Crippen molar-refractivity contribution in [1.82, 2.24) is 20.4 Å². The Balaban J connectivity index is 2.12. The first-order valence-corrected chi connectivity index (χ1v) is 6.21. The minimum atomic E-state index is 0.492. The maximum absolute atomic E-state index is 6.33.